The normalized spacial score (nSPS) is 18.5. The monoisotopic (exact) mass is 499 g/mol. The minimum absolute atomic E-state index is 0. The third-order valence-electron chi connectivity index (χ3n) is 6.49. The van der Waals surface area contributed by atoms with E-state index in [4.69, 9.17) is 5.73 Å². The van der Waals surface area contributed by atoms with E-state index in [9.17, 15) is 13.2 Å². The summed E-state index contributed by atoms with van der Waals surface area (Å²) < 4.78 is 41.1. The van der Waals surface area contributed by atoms with Crippen LogP contribution in [0.5, 0.6) is 0 Å². The fourth-order valence-electron chi connectivity index (χ4n) is 4.53. The number of hydrogen-bond acceptors (Lipinski definition) is 6. The Morgan fingerprint density at radius 2 is 1.82 bits per heavy atom. The van der Waals surface area contributed by atoms with Crippen molar-refractivity contribution in [3.63, 3.8) is 0 Å². The molecule has 2 aromatic carbocycles. The Hall–Kier alpha value is -1.81. The van der Waals surface area contributed by atoms with E-state index in [1.165, 1.54) is 30.3 Å². The second kappa shape index (κ2) is 9.82. The molecule has 0 atom stereocenters. The van der Waals surface area contributed by atoms with Crippen molar-refractivity contribution < 1.29 is 13.2 Å². The van der Waals surface area contributed by atoms with Crippen LogP contribution in [0.1, 0.15) is 24.8 Å². The third-order valence-corrected chi connectivity index (χ3v) is 7.59. The fourth-order valence-corrected chi connectivity index (χ4v) is 5.62. The summed E-state index contributed by atoms with van der Waals surface area (Å²) in [5.74, 6) is 0. The molecule has 3 aliphatic heterocycles. The molecule has 5 nitrogen and oxygen atoms in total. The van der Waals surface area contributed by atoms with Crippen LogP contribution in [0.15, 0.2) is 40.1 Å². The van der Waals surface area contributed by atoms with Crippen molar-refractivity contribution in [3.8, 4) is 0 Å². The van der Waals surface area contributed by atoms with Crippen LogP contribution in [0.25, 0.3) is 0 Å². The molecular formula is C23H29ClF3N5S. The Kier molecular flexibility index (Phi) is 7.23. The number of likely N-dealkylation sites (tertiary alicyclic amines) is 1. The number of anilines is 4. The predicted molar refractivity (Wildman–Crippen MR) is 132 cm³/mol. The fraction of sp³-hybridized carbons (Fsp3) is 0.478. The average Bonchev–Trinajstić information content (AvgIpc) is 2.72. The first-order chi connectivity index (χ1) is 15.4. The van der Waals surface area contributed by atoms with Gasteiger partial charge in [0.15, 0.2) is 0 Å². The average molecular weight is 500 g/mol. The highest BCUT2D eigenvalue weighted by Gasteiger charge is 2.34. The van der Waals surface area contributed by atoms with Gasteiger partial charge in [0.25, 0.3) is 0 Å². The first kappa shape index (κ1) is 24.3. The number of nitrogens with zero attached hydrogens (tertiary/aromatic N) is 2. The summed E-state index contributed by atoms with van der Waals surface area (Å²) in [7, 11) is 0. The second-order valence-electron chi connectivity index (χ2n) is 8.69. The van der Waals surface area contributed by atoms with Crippen molar-refractivity contribution in [1.82, 2.24) is 4.90 Å². The van der Waals surface area contributed by atoms with Crippen molar-refractivity contribution in [3.05, 3.63) is 35.9 Å². The molecule has 180 valence electrons. The summed E-state index contributed by atoms with van der Waals surface area (Å²) >= 11 is 1.41. The van der Waals surface area contributed by atoms with Crippen molar-refractivity contribution in [2.45, 2.75) is 41.3 Å². The summed E-state index contributed by atoms with van der Waals surface area (Å²) in [4.78, 5) is 6.16. The van der Waals surface area contributed by atoms with Gasteiger partial charge in [-0.25, -0.2) is 0 Å². The number of alkyl halides is 3. The van der Waals surface area contributed by atoms with E-state index in [1.807, 2.05) is 6.07 Å². The molecule has 0 spiro atoms. The van der Waals surface area contributed by atoms with Gasteiger partial charge < -0.3 is 26.2 Å². The maximum atomic E-state index is 13.7. The molecule has 0 radical (unpaired) electrons. The summed E-state index contributed by atoms with van der Waals surface area (Å²) in [6.07, 6.45) is -1.45. The van der Waals surface area contributed by atoms with Crippen LogP contribution in [0.2, 0.25) is 0 Å². The lowest BCUT2D eigenvalue weighted by Crippen LogP contribution is -2.41. The molecule has 5 rings (SSSR count). The van der Waals surface area contributed by atoms with Crippen LogP contribution in [0.3, 0.4) is 0 Å². The van der Waals surface area contributed by atoms with E-state index in [0.29, 0.717) is 17.1 Å². The first-order valence-corrected chi connectivity index (χ1v) is 12.0. The van der Waals surface area contributed by atoms with Gasteiger partial charge >= 0.3 is 6.18 Å². The minimum Gasteiger partial charge on any atom is -0.380 e. The molecule has 4 N–H and O–H groups in total. The summed E-state index contributed by atoms with van der Waals surface area (Å²) in [5, 5.41) is 6.83. The van der Waals surface area contributed by atoms with Gasteiger partial charge in [-0.15, -0.1) is 12.4 Å². The van der Waals surface area contributed by atoms with Crippen LogP contribution in [0, 0.1) is 0 Å². The summed E-state index contributed by atoms with van der Waals surface area (Å²) in [5.41, 5.74) is 8.36. The van der Waals surface area contributed by atoms with Gasteiger partial charge in [-0.3, -0.25) is 0 Å². The highest BCUT2D eigenvalue weighted by atomic mass is 35.5. The van der Waals surface area contributed by atoms with E-state index >= 15 is 0 Å². The van der Waals surface area contributed by atoms with Crippen LogP contribution in [0.4, 0.5) is 35.9 Å². The van der Waals surface area contributed by atoms with Gasteiger partial charge in [0.2, 0.25) is 0 Å². The molecule has 33 heavy (non-hydrogen) atoms. The van der Waals surface area contributed by atoms with Crippen LogP contribution >= 0.6 is 24.2 Å². The molecule has 0 bridgehead atoms. The molecule has 3 heterocycles. The van der Waals surface area contributed by atoms with E-state index in [-0.39, 0.29) is 18.4 Å². The first-order valence-electron chi connectivity index (χ1n) is 11.2. The molecule has 0 aliphatic carbocycles. The highest BCUT2D eigenvalue weighted by molar-refractivity contribution is 7.99. The molecule has 10 heteroatoms. The number of rotatable bonds is 5. The highest BCUT2D eigenvalue weighted by Crippen LogP contribution is 2.50. The Balaban J connectivity index is 0.00000259. The standard InChI is InChI=1S/C23H28F3N5S.ClH/c24-23(25,26)15-12-19(28-16-4-9-30(10-5-16)11-6-27)22-21(13-15)32-20-14-17(31-7-1-8-31)2-3-18(20)29-22;/h2-3,12-14,16,28-29H,1,4-11,27H2;1H. The van der Waals surface area contributed by atoms with E-state index < -0.39 is 11.7 Å². The zero-order chi connectivity index (χ0) is 22.3. The largest absolute Gasteiger partial charge is 0.416 e. The lowest BCUT2D eigenvalue weighted by molar-refractivity contribution is -0.137. The number of benzene rings is 2. The Labute approximate surface area is 202 Å². The SMILES string of the molecule is Cl.NCCN1CCC(Nc2cc(C(F)(F)F)cc3c2Nc2ccc(N4CCC4)cc2S3)CC1. The molecule has 2 aromatic rings. The molecule has 2 saturated heterocycles. The molecule has 2 fully saturated rings. The molecule has 0 aromatic heterocycles. The maximum absolute atomic E-state index is 13.7. The number of hydrogen-bond donors (Lipinski definition) is 3. The maximum Gasteiger partial charge on any atom is 0.416 e. The van der Waals surface area contributed by atoms with Gasteiger partial charge in [0, 0.05) is 60.8 Å². The molecule has 0 amide bonds. The van der Waals surface area contributed by atoms with E-state index in [2.05, 4.69) is 32.6 Å². The lowest BCUT2D eigenvalue weighted by atomic mass is 10.0. The Morgan fingerprint density at radius 3 is 2.45 bits per heavy atom. The van der Waals surface area contributed by atoms with E-state index in [0.717, 1.165) is 67.5 Å². The van der Waals surface area contributed by atoms with Gasteiger partial charge in [-0.2, -0.15) is 13.2 Å². The van der Waals surface area contributed by atoms with Gasteiger partial charge in [0.05, 0.1) is 22.6 Å². The number of halogens is 4. The van der Waals surface area contributed by atoms with Crippen molar-refractivity contribution in [2.24, 2.45) is 5.73 Å². The van der Waals surface area contributed by atoms with Crippen LogP contribution in [-0.4, -0.2) is 50.2 Å². The smallest absolute Gasteiger partial charge is 0.380 e. The van der Waals surface area contributed by atoms with Crippen molar-refractivity contribution in [2.75, 3.05) is 54.8 Å². The number of fused-ring (bicyclic) bond motifs is 2. The molecule has 0 unspecified atom stereocenters. The number of nitrogens with one attached hydrogen (secondary N) is 2. The number of nitrogens with two attached hydrogens (primary N) is 1. The zero-order valence-electron chi connectivity index (χ0n) is 18.3. The molecule has 0 saturated carbocycles. The second-order valence-corrected chi connectivity index (χ2v) is 9.78. The third kappa shape index (κ3) is 5.16. The zero-order valence-corrected chi connectivity index (χ0v) is 19.9. The minimum atomic E-state index is -4.39. The Morgan fingerprint density at radius 1 is 1.06 bits per heavy atom. The van der Waals surface area contributed by atoms with Crippen LogP contribution < -0.4 is 21.3 Å². The van der Waals surface area contributed by atoms with E-state index in [1.54, 1.807) is 0 Å². The quantitative estimate of drug-likeness (QED) is 0.438. The number of piperidine rings is 1. The lowest BCUT2D eigenvalue weighted by Gasteiger charge is -2.35. The van der Waals surface area contributed by atoms with Crippen molar-refractivity contribution in [1.29, 1.82) is 0 Å². The van der Waals surface area contributed by atoms with Gasteiger partial charge in [-0.1, -0.05) is 11.8 Å². The van der Waals surface area contributed by atoms with Crippen molar-refractivity contribution >= 4 is 46.9 Å². The summed E-state index contributed by atoms with van der Waals surface area (Å²) in [6.45, 7) is 5.35. The predicted octanol–water partition coefficient (Wildman–Crippen LogP) is 5.38. The topological polar surface area (TPSA) is 56.6 Å². The van der Waals surface area contributed by atoms with Gasteiger partial charge in [0.1, 0.15) is 0 Å². The molecular weight excluding hydrogens is 471 g/mol. The summed E-state index contributed by atoms with van der Waals surface area (Å²) in [6, 6.07) is 8.85. The molecule has 3 aliphatic rings. The van der Waals surface area contributed by atoms with Gasteiger partial charge in [-0.05, 0) is 49.6 Å². The Bertz CT molecular complexity index is 991. The van der Waals surface area contributed by atoms with Crippen LogP contribution in [-0.2, 0) is 6.18 Å².